The van der Waals surface area contributed by atoms with Crippen LogP contribution in [0.1, 0.15) is 38.2 Å². The minimum atomic E-state index is -0.113. The first-order chi connectivity index (χ1) is 7.29. The molecule has 0 aromatic heterocycles. The Labute approximate surface area is 91.3 Å². The van der Waals surface area contributed by atoms with Crippen LogP contribution in [0.3, 0.4) is 0 Å². The Kier molecular flexibility index (Phi) is 4.88. The van der Waals surface area contributed by atoms with Gasteiger partial charge in [0.15, 0.2) is 0 Å². The lowest BCUT2D eigenvalue weighted by molar-refractivity contribution is -0.145. The highest BCUT2D eigenvalue weighted by atomic mass is 16.5. The van der Waals surface area contributed by atoms with Gasteiger partial charge in [-0.05, 0) is 18.4 Å². The maximum absolute atomic E-state index is 11.7. The smallest absolute Gasteiger partial charge is 0.313 e. The normalized spacial score (nSPS) is 12.1. The molecule has 0 spiro atoms. The average Bonchev–Trinajstić information content (AvgIpc) is 2.29. The fourth-order valence-electron chi connectivity index (χ4n) is 1.53. The number of carbonyl (C=O) groups excluding carboxylic acids is 1. The van der Waals surface area contributed by atoms with Gasteiger partial charge in [0.05, 0.1) is 12.5 Å². The topological polar surface area (TPSA) is 26.3 Å². The first kappa shape index (κ1) is 11.8. The molecule has 0 aliphatic heterocycles. The van der Waals surface area contributed by atoms with E-state index in [1.807, 2.05) is 44.2 Å². The van der Waals surface area contributed by atoms with E-state index >= 15 is 0 Å². The maximum atomic E-state index is 11.7. The Morgan fingerprint density at radius 3 is 2.47 bits per heavy atom. The number of esters is 1. The van der Waals surface area contributed by atoms with Gasteiger partial charge in [0.1, 0.15) is 0 Å². The number of hydrogen-bond donors (Lipinski definition) is 0. The van der Waals surface area contributed by atoms with Gasteiger partial charge >= 0.3 is 5.97 Å². The molecule has 0 bridgehead atoms. The van der Waals surface area contributed by atoms with E-state index in [2.05, 4.69) is 0 Å². The average molecular weight is 206 g/mol. The van der Waals surface area contributed by atoms with E-state index in [1.165, 1.54) is 0 Å². The van der Waals surface area contributed by atoms with Gasteiger partial charge in [0.25, 0.3) is 0 Å². The molecule has 1 aromatic rings. The highest BCUT2D eigenvalue weighted by molar-refractivity contribution is 5.78. The van der Waals surface area contributed by atoms with Crippen molar-refractivity contribution in [1.29, 1.82) is 0 Å². The Morgan fingerprint density at radius 1 is 1.27 bits per heavy atom. The van der Waals surface area contributed by atoms with Crippen molar-refractivity contribution in [1.82, 2.24) is 0 Å². The third-order valence-electron chi connectivity index (χ3n) is 2.34. The Hall–Kier alpha value is -1.31. The van der Waals surface area contributed by atoms with Crippen LogP contribution in [0.4, 0.5) is 0 Å². The van der Waals surface area contributed by atoms with Crippen molar-refractivity contribution in [2.75, 3.05) is 6.61 Å². The zero-order valence-electron chi connectivity index (χ0n) is 9.40. The zero-order chi connectivity index (χ0) is 11.1. The molecule has 2 heteroatoms. The van der Waals surface area contributed by atoms with Crippen molar-refractivity contribution in [3.8, 4) is 0 Å². The number of benzene rings is 1. The Bertz CT molecular complexity index is 293. The van der Waals surface area contributed by atoms with Gasteiger partial charge in [-0.1, -0.05) is 44.2 Å². The highest BCUT2D eigenvalue weighted by Crippen LogP contribution is 2.20. The summed E-state index contributed by atoms with van der Waals surface area (Å²) < 4.78 is 5.16. The molecule has 1 aromatic carbocycles. The molecule has 0 fully saturated rings. The van der Waals surface area contributed by atoms with Crippen molar-refractivity contribution in [2.24, 2.45) is 0 Å². The van der Waals surface area contributed by atoms with Crippen molar-refractivity contribution in [2.45, 2.75) is 32.6 Å². The van der Waals surface area contributed by atoms with Gasteiger partial charge in [-0.15, -0.1) is 0 Å². The fraction of sp³-hybridized carbons (Fsp3) is 0.462. The van der Waals surface area contributed by atoms with Crippen LogP contribution in [0.25, 0.3) is 0 Å². The quantitative estimate of drug-likeness (QED) is 0.692. The Balaban J connectivity index is 2.67. The van der Waals surface area contributed by atoms with Crippen molar-refractivity contribution in [3.63, 3.8) is 0 Å². The van der Waals surface area contributed by atoms with Gasteiger partial charge in [0, 0.05) is 0 Å². The summed E-state index contributed by atoms with van der Waals surface area (Å²) in [6.45, 7) is 4.52. The number of hydrogen-bond acceptors (Lipinski definition) is 2. The molecule has 0 N–H and O–H groups in total. The van der Waals surface area contributed by atoms with Crippen molar-refractivity contribution < 1.29 is 9.53 Å². The second-order valence-electron chi connectivity index (χ2n) is 3.54. The number of rotatable bonds is 5. The van der Waals surface area contributed by atoms with Gasteiger partial charge in [0.2, 0.25) is 0 Å². The summed E-state index contributed by atoms with van der Waals surface area (Å²) in [5.41, 5.74) is 1.04. The molecule has 0 heterocycles. The van der Waals surface area contributed by atoms with Crippen LogP contribution < -0.4 is 0 Å². The molecule has 1 unspecified atom stereocenters. The standard InChI is InChI=1S/C13H18O2/c1-3-10-15-13(14)12(4-2)11-8-6-5-7-9-11/h5-9,12H,3-4,10H2,1-2H3. The van der Waals surface area contributed by atoms with Gasteiger partial charge < -0.3 is 4.74 Å². The SMILES string of the molecule is CCCOC(=O)C(CC)c1ccccc1. The van der Waals surface area contributed by atoms with Gasteiger partial charge in [-0.25, -0.2) is 0 Å². The molecule has 0 aliphatic carbocycles. The highest BCUT2D eigenvalue weighted by Gasteiger charge is 2.19. The molecule has 1 atom stereocenters. The van der Waals surface area contributed by atoms with Crippen molar-refractivity contribution >= 4 is 5.97 Å². The second kappa shape index (κ2) is 6.23. The molecular formula is C13H18O2. The van der Waals surface area contributed by atoms with E-state index in [9.17, 15) is 4.79 Å². The van der Waals surface area contributed by atoms with Crippen LogP contribution in [0, 0.1) is 0 Å². The first-order valence-corrected chi connectivity index (χ1v) is 5.51. The summed E-state index contributed by atoms with van der Waals surface area (Å²) in [5, 5.41) is 0. The summed E-state index contributed by atoms with van der Waals surface area (Å²) in [5.74, 6) is -0.219. The van der Waals surface area contributed by atoms with Crippen LogP contribution in [0.5, 0.6) is 0 Å². The fourth-order valence-corrected chi connectivity index (χ4v) is 1.53. The van der Waals surface area contributed by atoms with Crippen molar-refractivity contribution in [3.05, 3.63) is 35.9 Å². The van der Waals surface area contributed by atoms with Crippen LogP contribution in [-0.4, -0.2) is 12.6 Å². The van der Waals surface area contributed by atoms with E-state index in [0.717, 1.165) is 18.4 Å². The molecular weight excluding hydrogens is 188 g/mol. The van der Waals surface area contributed by atoms with E-state index in [1.54, 1.807) is 0 Å². The first-order valence-electron chi connectivity index (χ1n) is 5.51. The second-order valence-corrected chi connectivity index (χ2v) is 3.54. The summed E-state index contributed by atoms with van der Waals surface area (Å²) in [6, 6.07) is 9.80. The monoisotopic (exact) mass is 206 g/mol. The van der Waals surface area contributed by atoms with Gasteiger partial charge in [-0.3, -0.25) is 4.79 Å². The minimum Gasteiger partial charge on any atom is -0.465 e. The van der Waals surface area contributed by atoms with Crippen LogP contribution in [0.2, 0.25) is 0 Å². The molecule has 2 nitrogen and oxygen atoms in total. The molecule has 0 saturated heterocycles. The summed E-state index contributed by atoms with van der Waals surface area (Å²) >= 11 is 0. The molecule has 0 radical (unpaired) electrons. The van der Waals surface area contributed by atoms with Crippen LogP contribution >= 0.6 is 0 Å². The summed E-state index contributed by atoms with van der Waals surface area (Å²) in [7, 11) is 0. The maximum Gasteiger partial charge on any atom is 0.313 e. The number of ether oxygens (including phenoxy) is 1. The zero-order valence-corrected chi connectivity index (χ0v) is 9.40. The largest absolute Gasteiger partial charge is 0.465 e. The van der Waals surface area contributed by atoms with Crippen LogP contribution in [0.15, 0.2) is 30.3 Å². The molecule has 0 amide bonds. The predicted molar refractivity (Wildman–Crippen MR) is 60.7 cm³/mol. The molecule has 0 saturated carbocycles. The van der Waals surface area contributed by atoms with E-state index in [-0.39, 0.29) is 11.9 Å². The van der Waals surface area contributed by atoms with E-state index in [4.69, 9.17) is 4.74 Å². The lowest BCUT2D eigenvalue weighted by atomic mass is 9.97. The third-order valence-corrected chi connectivity index (χ3v) is 2.34. The van der Waals surface area contributed by atoms with Crippen LogP contribution in [-0.2, 0) is 9.53 Å². The van der Waals surface area contributed by atoms with E-state index in [0.29, 0.717) is 6.61 Å². The lowest BCUT2D eigenvalue weighted by Gasteiger charge is -2.13. The third kappa shape index (κ3) is 3.39. The van der Waals surface area contributed by atoms with E-state index < -0.39 is 0 Å². The molecule has 0 aliphatic rings. The Morgan fingerprint density at radius 2 is 1.93 bits per heavy atom. The summed E-state index contributed by atoms with van der Waals surface area (Å²) in [4.78, 5) is 11.7. The molecule has 82 valence electrons. The molecule has 15 heavy (non-hydrogen) atoms. The lowest BCUT2D eigenvalue weighted by Crippen LogP contribution is -2.15. The van der Waals surface area contributed by atoms with Gasteiger partial charge in [-0.2, -0.15) is 0 Å². The summed E-state index contributed by atoms with van der Waals surface area (Å²) in [6.07, 6.45) is 1.66. The predicted octanol–water partition coefficient (Wildman–Crippen LogP) is 3.13. The number of carbonyl (C=O) groups is 1. The molecule has 1 rings (SSSR count). The minimum absolute atomic E-state index is 0.106.